The first-order valence-corrected chi connectivity index (χ1v) is 8.20. The predicted octanol–water partition coefficient (Wildman–Crippen LogP) is 3.75. The molecular weight excluding hydrogens is 286 g/mol. The van der Waals surface area contributed by atoms with Gasteiger partial charge in [0.2, 0.25) is 5.91 Å². The third-order valence-electron chi connectivity index (χ3n) is 4.20. The molecule has 1 aromatic heterocycles. The molecule has 3 aromatic rings. The number of carbonyl (C=O) groups is 1. The van der Waals surface area contributed by atoms with Crippen molar-refractivity contribution < 1.29 is 4.79 Å². The topological polar surface area (TPSA) is 46.1 Å². The van der Waals surface area contributed by atoms with E-state index in [0.29, 0.717) is 6.42 Å². The number of anilines is 1. The molecule has 0 aliphatic heterocycles. The Morgan fingerprint density at radius 3 is 2.65 bits per heavy atom. The average Bonchev–Trinajstić information content (AvgIpc) is 2.88. The number of aromatic nitrogens is 1. The third-order valence-corrected chi connectivity index (χ3v) is 4.20. The second-order valence-corrected chi connectivity index (χ2v) is 5.75. The van der Waals surface area contributed by atoms with E-state index in [1.807, 2.05) is 13.1 Å². The summed E-state index contributed by atoms with van der Waals surface area (Å²) < 4.78 is 2.31. The molecule has 4 heteroatoms. The van der Waals surface area contributed by atoms with Crippen LogP contribution in [0.15, 0.2) is 42.5 Å². The molecule has 1 heterocycles. The van der Waals surface area contributed by atoms with Crippen LogP contribution in [0.25, 0.3) is 21.8 Å². The molecule has 1 amide bonds. The zero-order valence-electron chi connectivity index (χ0n) is 13.7. The highest BCUT2D eigenvalue weighted by molar-refractivity contribution is 6.09. The average molecular weight is 309 g/mol. The van der Waals surface area contributed by atoms with Gasteiger partial charge in [-0.05, 0) is 51.2 Å². The second kappa shape index (κ2) is 6.84. The molecule has 0 saturated heterocycles. The highest BCUT2D eigenvalue weighted by Crippen LogP contribution is 2.30. The van der Waals surface area contributed by atoms with Crippen molar-refractivity contribution in [3.8, 4) is 0 Å². The van der Waals surface area contributed by atoms with Gasteiger partial charge in [0, 0.05) is 40.5 Å². The lowest BCUT2D eigenvalue weighted by atomic mass is 10.1. The van der Waals surface area contributed by atoms with Crippen molar-refractivity contribution in [1.82, 2.24) is 9.88 Å². The molecule has 2 aromatic carbocycles. The molecular formula is C19H23N3O. The molecule has 0 saturated carbocycles. The number of rotatable bonds is 6. The Morgan fingerprint density at radius 2 is 1.87 bits per heavy atom. The summed E-state index contributed by atoms with van der Waals surface area (Å²) in [6.45, 7) is 3.94. The first-order valence-electron chi connectivity index (χ1n) is 8.20. The second-order valence-electron chi connectivity index (χ2n) is 5.75. The molecule has 120 valence electrons. The number of hydrogen-bond donors (Lipinski definition) is 2. The Labute approximate surface area is 136 Å². The zero-order chi connectivity index (χ0) is 16.2. The number of fused-ring (bicyclic) bond motifs is 3. The lowest BCUT2D eigenvalue weighted by molar-refractivity contribution is -0.116. The monoisotopic (exact) mass is 309 g/mol. The van der Waals surface area contributed by atoms with E-state index < -0.39 is 0 Å². The van der Waals surface area contributed by atoms with Crippen molar-refractivity contribution in [2.45, 2.75) is 26.3 Å². The Bertz CT molecular complexity index is 835. The summed E-state index contributed by atoms with van der Waals surface area (Å²) in [4.78, 5) is 12.0. The van der Waals surface area contributed by atoms with Crippen LogP contribution in [-0.4, -0.2) is 24.1 Å². The Hall–Kier alpha value is -2.33. The van der Waals surface area contributed by atoms with Crippen LogP contribution < -0.4 is 10.6 Å². The van der Waals surface area contributed by atoms with Crippen LogP contribution in [0.3, 0.4) is 0 Å². The molecule has 0 bridgehead atoms. The quantitative estimate of drug-likeness (QED) is 0.681. The van der Waals surface area contributed by atoms with Crippen molar-refractivity contribution in [1.29, 1.82) is 0 Å². The van der Waals surface area contributed by atoms with Gasteiger partial charge in [-0.25, -0.2) is 0 Å². The summed E-state index contributed by atoms with van der Waals surface area (Å²) in [6.07, 6.45) is 1.38. The lowest BCUT2D eigenvalue weighted by Crippen LogP contribution is -2.15. The van der Waals surface area contributed by atoms with Crippen LogP contribution in [0.4, 0.5) is 5.69 Å². The van der Waals surface area contributed by atoms with E-state index in [1.165, 1.54) is 21.8 Å². The molecule has 0 unspecified atom stereocenters. The lowest BCUT2D eigenvalue weighted by Gasteiger charge is -2.06. The molecule has 0 aliphatic carbocycles. The van der Waals surface area contributed by atoms with E-state index in [0.717, 1.165) is 25.2 Å². The molecule has 0 spiro atoms. The number of aryl methyl sites for hydroxylation is 1. The standard InChI is InChI=1S/C19H23N3O/c1-3-22-17-8-5-4-7-15(17)16-13-14(10-11-18(16)22)21-19(23)9-6-12-20-2/h4-5,7-8,10-11,13,20H,3,6,9,12H2,1-2H3,(H,21,23). The number of benzene rings is 2. The van der Waals surface area contributed by atoms with Crippen molar-refractivity contribution >= 4 is 33.4 Å². The van der Waals surface area contributed by atoms with Crippen molar-refractivity contribution in [3.05, 3.63) is 42.5 Å². The van der Waals surface area contributed by atoms with Gasteiger partial charge in [-0.3, -0.25) is 4.79 Å². The Balaban J connectivity index is 1.93. The van der Waals surface area contributed by atoms with E-state index in [2.05, 4.69) is 58.5 Å². The smallest absolute Gasteiger partial charge is 0.224 e. The van der Waals surface area contributed by atoms with Crippen molar-refractivity contribution in [2.75, 3.05) is 18.9 Å². The van der Waals surface area contributed by atoms with Gasteiger partial charge in [0.1, 0.15) is 0 Å². The van der Waals surface area contributed by atoms with Crippen molar-refractivity contribution in [3.63, 3.8) is 0 Å². The van der Waals surface area contributed by atoms with Crippen LogP contribution in [0.2, 0.25) is 0 Å². The normalized spacial score (nSPS) is 11.2. The van der Waals surface area contributed by atoms with Crippen LogP contribution >= 0.6 is 0 Å². The SMILES string of the molecule is CCn1c2ccccc2c2cc(NC(=O)CCCNC)ccc21. The highest BCUT2D eigenvalue weighted by atomic mass is 16.1. The molecule has 4 nitrogen and oxygen atoms in total. The first-order chi connectivity index (χ1) is 11.2. The number of para-hydroxylation sites is 1. The fourth-order valence-corrected chi connectivity index (χ4v) is 3.12. The fraction of sp³-hybridized carbons (Fsp3) is 0.316. The van der Waals surface area contributed by atoms with E-state index in [9.17, 15) is 4.79 Å². The van der Waals surface area contributed by atoms with Gasteiger partial charge in [-0.15, -0.1) is 0 Å². The molecule has 0 fully saturated rings. The number of carbonyl (C=O) groups excluding carboxylic acids is 1. The summed E-state index contributed by atoms with van der Waals surface area (Å²) in [5, 5.41) is 8.49. The van der Waals surface area contributed by atoms with Crippen LogP contribution in [0.1, 0.15) is 19.8 Å². The van der Waals surface area contributed by atoms with Gasteiger partial charge in [0.05, 0.1) is 0 Å². The summed E-state index contributed by atoms with van der Waals surface area (Å²) in [6, 6.07) is 14.6. The Kier molecular flexibility index (Phi) is 4.63. The molecule has 0 atom stereocenters. The summed E-state index contributed by atoms with van der Waals surface area (Å²) in [5.41, 5.74) is 3.32. The summed E-state index contributed by atoms with van der Waals surface area (Å²) >= 11 is 0. The van der Waals surface area contributed by atoms with Crippen molar-refractivity contribution in [2.24, 2.45) is 0 Å². The van der Waals surface area contributed by atoms with Gasteiger partial charge >= 0.3 is 0 Å². The minimum Gasteiger partial charge on any atom is -0.341 e. The highest BCUT2D eigenvalue weighted by Gasteiger charge is 2.10. The summed E-state index contributed by atoms with van der Waals surface area (Å²) in [5.74, 6) is 0.0684. The van der Waals surface area contributed by atoms with E-state index >= 15 is 0 Å². The number of nitrogens with zero attached hydrogens (tertiary/aromatic N) is 1. The molecule has 0 radical (unpaired) electrons. The molecule has 2 N–H and O–H groups in total. The number of amides is 1. The van der Waals surface area contributed by atoms with Crippen LogP contribution in [-0.2, 0) is 11.3 Å². The first kappa shape index (κ1) is 15.6. The molecule has 3 rings (SSSR count). The van der Waals surface area contributed by atoms with E-state index in [-0.39, 0.29) is 5.91 Å². The largest absolute Gasteiger partial charge is 0.341 e. The van der Waals surface area contributed by atoms with E-state index in [4.69, 9.17) is 0 Å². The maximum Gasteiger partial charge on any atom is 0.224 e. The van der Waals surface area contributed by atoms with Crippen LogP contribution in [0, 0.1) is 0 Å². The minimum absolute atomic E-state index is 0.0684. The zero-order valence-corrected chi connectivity index (χ0v) is 13.7. The fourth-order valence-electron chi connectivity index (χ4n) is 3.12. The van der Waals surface area contributed by atoms with Gasteiger partial charge < -0.3 is 15.2 Å². The minimum atomic E-state index is 0.0684. The molecule has 23 heavy (non-hydrogen) atoms. The van der Waals surface area contributed by atoms with Gasteiger partial charge in [-0.2, -0.15) is 0 Å². The maximum absolute atomic E-state index is 12.0. The van der Waals surface area contributed by atoms with E-state index in [1.54, 1.807) is 0 Å². The van der Waals surface area contributed by atoms with Gasteiger partial charge in [0.25, 0.3) is 0 Å². The number of nitrogens with one attached hydrogen (secondary N) is 2. The third kappa shape index (κ3) is 3.08. The van der Waals surface area contributed by atoms with Crippen LogP contribution in [0.5, 0.6) is 0 Å². The summed E-state index contributed by atoms with van der Waals surface area (Å²) in [7, 11) is 1.90. The Morgan fingerprint density at radius 1 is 1.09 bits per heavy atom. The predicted molar refractivity (Wildman–Crippen MR) is 96.9 cm³/mol. The maximum atomic E-state index is 12.0. The van der Waals surface area contributed by atoms with Gasteiger partial charge in [0.15, 0.2) is 0 Å². The number of hydrogen-bond acceptors (Lipinski definition) is 2. The van der Waals surface area contributed by atoms with Gasteiger partial charge in [-0.1, -0.05) is 18.2 Å². The molecule has 0 aliphatic rings.